The summed E-state index contributed by atoms with van der Waals surface area (Å²) in [5.41, 5.74) is -0.416. The Hall–Kier alpha value is -0.770. The van der Waals surface area contributed by atoms with Gasteiger partial charge in [-0.25, -0.2) is 4.79 Å². The third-order valence-electron chi connectivity index (χ3n) is 3.28. The molecule has 0 aromatic rings. The summed E-state index contributed by atoms with van der Waals surface area (Å²) in [6.45, 7) is 11.7. The zero-order valence-corrected chi connectivity index (χ0v) is 12.5. The molecule has 4 nitrogen and oxygen atoms in total. The molecule has 1 fully saturated rings. The second-order valence-electron chi connectivity index (χ2n) is 6.08. The van der Waals surface area contributed by atoms with Gasteiger partial charge >= 0.3 is 6.09 Å². The molecule has 1 heterocycles. The molecule has 2 atom stereocenters. The van der Waals surface area contributed by atoms with E-state index in [9.17, 15) is 4.79 Å². The molecule has 1 saturated heterocycles. The Balaban J connectivity index is 2.67. The minimum absolute atomic E-state index is 0.169. The molecule has 1 rings (SSSR count). The summed E-state index contributed by atoms with van der Waals surface area (Å²) in [7, 11) is 0. The smallest absolute Gasteiger partial charge is 0.410 e. The number of likely N-dealkylation sites (tertiary alicyclic amines) is 1. The lowest BCUT2D eigenvalue weighted by molar-refractivity contribution is 0.00569. The molecule has 0 aromatic carbocycles. The summed E-state index contributed by atoms with van der Waals surface area (Å²) in [4.78, 5) is 14.1. The van der Waals surface area contributed by atoms with Crippen molar-refractivity contribution in [2.45, 2.75) is 71.6 Å². The van der Waals surface area contributed by atoms with Crippen LogP contribution in [-0.4, -0.2) is 41.8 Å². The van der Waals surface area contributed by atoms with Gasteiger partial charge in [0.05, 0.1) is 6.04 Å². The fraction of sp³-hybridized carbons (Fsp3) is 0.929. The number of amides is 1. The van der Waals surface area contributed by atoms with Gasteiger partial charge in [0.15, 0.2) is 0 Å². The van der Waals surface area contributed by atoms with Crippen molar-refractivity contribution in [3.05, 3.63) is 0 Å². The van der Waals surface area contributed by atoms with E-state index >= 15 is 0 Å². The highest BCUT2D eigenvalue weighted by Crippen LogP contribution is 2.22. The number of hydrogen-bond acceptors (Lipinski definition) is 3. The normalized spacial score (nSPS) is 22.7. The lowest BCUT2D eigenvalue weighted by Crippen LogP contribution is -2.54. The second kappa shape index (κ2) is 6.41. The first-order valence-electron chi connectivity index (χ1n) is 7.08. The fourth-order valence-corrected chi connectivity index (χ4v) is 2.48. The maximum Gasteiger partial charge on any atom is 0.410 e. The number of nitrogens with zero attached hydrogens (tertiary/aromatic N) is 1. The van der Waals surface area contributed by atoms with Crippen LogP contribution >= 0.6 is 0 Å². The van der Waals surface area contributed by atoms with E-state index in [0.717, 1.165) is 25.9 Å². The maximum absolute atomic E-state index is 12.2. The van der Waals surface area contributed by atoms with E-state index in [2.05, 4.69) is 19.2 Å². The average Bonchev–Trinajstić information content (AvgIpc) is 2.27. The molecule has 0 radical (unpaired) electrons. The van der Waals surface area contributed by atoms with Gasteiger partial charge in [-0.1, -0.05) is 6.92 Å². The van der Waals surface area contributed by atoms with Gasteiger partial charge in [0.25, 0.3) is 0 Å². The summed E-state index contributed by atoms with van der Waals surface area (Å²) < 4.78 is 5.49. The quantitative estimate of drug-likeness (QED) is 0.844. The van der Waals surface area contributed by atoms with Gasteiger partial charge in [0.1, 0.15) is 5.60 Å². The highest BCUT2D eigenvalue weighted by Gasteiger charge is 2.33. The Bertz CT molecular complexity index is 273. The molecule has 0 bridgehead atoms. The third kappa shape index (κ3) is 4.48. The molecule has 0 saturated carbocycles. The molecule has 0 aliphatic carbocycles. The van der Waals surface area contributed by atoms with Gasteiger partial charge in [0, 0.05) is 12.6 Å². The van der Waals surface area contributed by atoms with Crippen LogP contribution in [0.25, 0.3) is 0 Å². The highest BCUT2D eigenvalue weighted by atomic mass is 16.6. The number of carbonyl (C=O) groups is 1. The molecule has 1 aliphatic heterocycles. The summed E-state index contributed by atoms with van der Waals surface area (Å²) in [6.07, 6.45) is 3.17. The first-order valence-corrected chi connectivity index (χ1v) is 7.08. The van der Waals surface area contributed by atoms with Crippen LogP contribution in [0.3, 0.4) is 0 Å². The highest BCUT2D eigenvalue weighted by molar-refractivity contribution is 5.68. The second-order valence-corrected chi connectivity index (χ2v) is 6.08. The van der Waals surface area contributed by atoms with Crippen LogP contribution in [0.15, 0.2) is 0 Å². The Morgan fingerprint density at radius 1 is 1.44 bits per heavy atom. The topological polar surface area (TPSA) is 41.6 Å². The van der Waals surface area contributed by atoms with Crippen molar-refractivity contribution < 1.29 is 9.53 Å². The van der Waals surface area contributed by atoms with E-state index in [1.807, 2.05) is 25.7 Å². The van der Waals surface area contributed by atoms with Gasteiger partial charge in [0.2, 0.25) is 0 Å². The number of nitrogens with one attached hydrogen (secondary N) is 1. The van der Waals surface area contributed by atoms with Gasteiger partial charge in [-0.3, -0.25) is 0 Å². The Morgan fingerprint density at radius 2 is 2.11 bits per heavy atom. The monoisotopic (exact) mass is 256 g/mol. The van der Waals surface area contributed by atoms with Crippen molar-refractivity contribution in [3.63, 3.8) is 0 Å². The van der Waals surface area contributed by atoms with E-state index in [1.54, 1.807) is 0 Å². The molecular formula is C14H28N2O2. The van der Waals surface area contributed by atoms with E-state index < -0.39 is 5.60 Å². The fourth-order valence-electron chi connectivity index (χ4n) is 2.48. The van der Waals surface area contributed by atoms with Crippen LogP contribution in [0, 0.1) is 0 Å². The van der Waals surface area contributed by atoms with Crippen molar-refractivity contribution in [3.8, 4) is 0 Å². The zero-order valence-electron chi connectivity index (χ0n) is 12.5. The number of hydrogen-bond donors (Lipinski definition) is 1. The number of carbonyl (C=O) groups excluding carboxylic acids is 1. The number of likely N-dealkylation sites (N-methyl/N-ethyl adjacent to an activating group) is 1. The maximum atomic E-state index is 12.2. The summed E-state index contributed by atoms with van der Waals surface area (Å²) >= 11 is 0. The van der Waals surface area contributed by atoms with Crippen molar-refractivity contribution >= 4 is 6.09 Å². The van der Waals surface area contributed by atoms with E-state index in [1.165, 1.54) is 6.42 Å². The molecular weight excluding hydrogens is 228 g/mol. The van der Waals surface area contributed by atoms with Gasteiger partial charge in [-0.05, 0) is 53.5 Å². The number of ether oxygens (including phenoxy) is 1. The Morgan fingerprint density at radius 3 is 2.67 bits per heavy atom. The van der Waals surface area contributed by atoms with Crippen LogP contribution in [0.4, 0.5) is 4.79 Å². The summed E-state index contributed by atoms with van der Waals surface area (Å²) in [5.74, 6) is 0. The van der Waals surface area contributed by atoms with Gasteiger partial charge < -0.3 is 15.0 Å². The first kappa shape index (κ1) is 15.3. The molecule has 1 N–H and O–H groups in total. The average molecular weight is 256 g/mol. The first-order chi connectivity index (χ1) is 8.35. The lowest BCUT2D eigenvalue weighted by atomic mass is 9.97. The standard InChI is InChI=1S/C14H28N2O2/c1-6-15-11(2)12-9-7-8-10-16(12)13(17)18-14(3,4)5/h11-12,15H,6-10H2,1-5H3/t11-,12-/m0/s1. The minimum atomic E-state index is -0.416. The van der Waals surface area contributed by atoms with Crippen molar-refractivity contribution in [2.24, 2.45) is 0 Å². The third-order valence-corrected chi connectivity index (χ3v) is 3.28. The number of piperidine rings is 1. The summed E-state index contributed by atoms with van der Waals surface area (Å²) in [5, 5.41) is 3.41. The molecule has 18 heavy (non-hydrogen) atoms. The van der Waals surface area contributed by atoms with Crippen LogP contribution in [-0.2, 0) is 4.74 Å². The predicted molar refractivity (Wildman–Crippen MR) is 73.7 cm³/mol. The van der Waals surface area contributed by atoms with Crippen LogP contribution in [0.2, 0.25) is 0 Å². The summed E-state index contributed by atoms with van der Waals surface area (Å²) in [6, 6.07) is 0.580. The molecule has 4 heteroatoms. The van der Waals surface area contributed by atoms with Crippen LogP contribution in [0.5, 0.6) is 0 Å². The zero-order chi connectivity index (χ0) is 13.8. The Labute approximate surface area is 111 Å². The Kier molecular flexibility index (Phi) is 5.45. The molecule has 1 amide bonds. The van der Waals surface area contributed by atoms with Crippen LogP contribution < -0.4 is 5.32 Å². The molecule has 1 aliphatic rings. The molecule has 0 aromatic heterocycles. The SMILES string of the molecule is CCN[C@@H](C)[C@@H]1CCCCN1C(=O)OC(C)(C)C. The van der Waals surface area contributed by atoms with Crippen molar-refractivity contribution in [1.29, 1.82) is 0 Å². The van der Waals surface area contributed by atoms with Crippen molar-refractivity contribution in [2.75, 3.05) is 13.1 Å². The number of rotatable bonds is 3. The van der Waals surface area contributed by atoms with Crippen molar-refractivity contribution in [1.82, 2.24) is 10.2 Å². The minimum Gasteiger partial charge on any atom is -0.444 e. The van der Waals surface area contributed by atoms with E-state index in [-0.39, 0.29) is 12.1 Å². The molecule has 106 valence electrons. The van der Waals surface area contributed by atoms with Gasteiger partial charge in [-0.15, -0.1) is 0 Å². The van der Waals surface area contributed by atoms with E-state index in [0.29, 0.717) is 6.04 Å². The molecule has 0 spiro atoms. The van der Waals surface area contributed by atoms with Crippen LogP contribution in [0.1, 0.15) is 53.9 Å². The predicted octanol–water partition coefficient (Wildman–Crippen LogP) is 2.77. The molecule has 0 unspecified atom stereocenters. The lowest BCUT2D eigenvalue weighted by Gasteiger charge is -2.40. The largest absolute Gasteiger partial charge is 0.444 e. The van der Waals surface area contributed by atoms with Gasteiger partial charge in [-0.2, -0.15) is 0 Å². The van der Waals surface area contributed by atoms with E-state index in [4.69, 9.17) is 4.74 Å².